The van der Waals surface area contributed by atoms with Gasteiger partial charge in [0.05, 0.1) is 16.6 Å². The van der Waals surface area contributed by atoms with Crippen LogP contribution in [0.4, 0.5) is 10.6 Å². The summed E-state index contributed by atoms with van der Waals surface area (Å²) in [6, 6.07) is -0.0827. The van der Waals surface area contributed by atoms with Gasteiger partial charge in [-0.2, -0.15) is 0 Å². The lowest BCUT2D eigenvalue weighted by atomic mass is 9.94. The minimum atomic E-state index is -1.27. The molecule has 0 aromatic carbocycles. The quantitative estimate of drug-likeness (QED) is 0.413. The van der Waals surface area contributed by atoms with Crippen molar-refractivity contribution in [2.45, 2.75) is 50.8 Å². The van der Waals surface area contributed by atoms with Crippen LogP contribution in [0.3, 0.4) is 0 Å². The summed E-state index contributed by atoms with van der Waals surface area (Å²) in [5.41, 5.74) is -0.121. The van der Waals surface area contributed by atoms with Crippen LogP contribution < -0.4 is 21.3 Å². The molecule has 11 nitrogen and oxygen atoms in total. The number of anilines is 1. The van der Waals surface area contributed by atoms with E-state index in [9.17, 15) is 24.0 Å². The highest BCUT2D eigenvalue weighted by atomic mass is 35.5. The Hall–Kier alpha value is -3.21. The molecular weight excluding hydrogens is 442 g/mol. The van der Waals surface area contributed by atoms with Crippen molar-refractivity contribution < 1.29 is 28.7 Å². The summed E-state index contributed by atoms with van der Waals surface area (Å²) in [7, 11) is 1.29. The van der Waals surface area contributed by atoms with Crippen LogP contribution in [-0.4, -0.2) is 59.8 Å². The minimum absolute atomic E-state index is 0.0609. The van der Waals surface area contributed by atoms with Gasteiger partial charge in [-0.3, -0.25) is 24.5 Å². The first-order valence-corrected chi connectivity index (χ1v) is 10.6. The van der Waals surface area contributed by atoms with Crippen LogP contribution in [0.2, 0.25) is 5.02 Å². The van der Waals surface area contributed by atoms with E-state index in [0.29, 0.717) is 6.42 Å². The third-order valence-electron chi connectivity index (χ3n) is 5.11. The van der Waals surface area contributed by atoms with Gasteiger partial charge in [-0.15, -0.1) is 0 Å². The van der Waals surface area contributed by atoms with Crippen LogP contribution >= 0.6 is 11.6 Å². The standard InChI is InChI=1S/C20H24ClN5O6/c1-9-5-10(17(28)24-9)6-14(15(27)19(30)22-2)25-18(29)13-7-11(21)8-23-16(13)26-20(31)32-12-3-4-12/h7-10,12,14H,3-6H2,1-2H3,(H,22,30)(H,24,28)(H,25,29)(H,23,26,31)/t9-,10+,14?/m1/s1. The van der Waals surface area contributed by atoms with Gasteiger partial charge in [-0.05, 0) is 38.7 Å². The first kappa shape index (κ1) is 23.5. The summed E-state index contributed by atoms with van der Waals surface area (Å²) >= 11 is 5.97. The van der Waals surface area contributed by atoms with Crippen LogP contribution in [0.1, 0.15) is 43.0 Å². The Labute approximate surface area is 189 Å². The van der Waals surface area contributed by atoms with Gasteiger partial charge in [-0.1, -0.05) is 11.6 Å². The fourth-order valence-corrected chi connectivity index (χ4v) is 3.52. The highest BCUT2D eigenvalue weighted by Gasteiger charge is 2.36. The molecule has 3 rings (SSSR count). The molecule has 1 unspecified atom stereocenters. The molecule has 0 bridgehead atoms. The summed E-state index contributed by atoms with van der Waals surface area (Å²) in [6.45, 7) is 1.82. The highest BCUT2D eigenvalue weighted by molar-refractivity contribution is 6.38. The van der Waals surface area contributed by atoms with E-state index in [1.165, 1.54) is 19.3 Å². The van der Waals surface area contributed by atoms with E-state index < -0.39 is 35.7 Å². The normalized spacial score (nSPS) is 20.7. The van der Waals surface area contributed by atoms with Gasteiger partial charge in [0.15, 0.2) is 0 Å². The third kappa shape index (κ3) is 5.94. The number of hydrogen-bond donors (Lipinski definition) is 4. The maximum absolute atomic E-state index is 13.0. The molecule has 2 fully saturated rings. The number of carbonyl (C=O) groups excluding carboxylic acids is 5. The average Bonchev–Trinajstić information content (AvgIpc) is 3.50. The molecule has 2 heterocycles. The van der Waals surface area contributed by atoms with Crippen LogP contribution in [0, 0.1) is 5.92 Å². The third-order valence-corrected chi connectivity index (χ3v) is 5.31. The van der Waals surface area contributed by atoms with Crippen molar-refractivity contribution in [3.05, 3.63) is 22.8 Å². The number of carbonyl (C=O) groups is 5. The summed E-state index contributed by atoms with van der Waals surface area (Å²) < 4.78 is 5.10. The second-order valence-electron chi connectivity index (χ2n) is 7.83. The van der Waals surface area contributed by atoms with Crippen molar-refractivity contribution in [1.29, 1.82) is 0 Å². The number of aromatic nitrogens is 1. The number of ether oxygens (including phenoxy) is 1. The van der Waals surface area contributed by atoms with Crippen LogP contribution in [0.15, 0.2) is 12.3 Å². The maximum atomic E-state index is 13.0. The second kappa shape index (κ2) is 9.94. The van der Waals surface area contributed by atoms with Crippen molar-refractivity contribution in [3.63, 3.8) is 0 Å². The second-order valence-corrected chi connectivity index (χ2v) is 8.26. The van der Waals surface area contributed by atoms with Gasteiger partial charge in [0.25, 0.3) is 11.8 Å². The van der Waals surface area contributed by atoms with Gasteiger partial charge >= 0.3 is 6.09 Å². The van der Waals surface area contributed by atoms with Gasteiger partial charge in [0, 0.05) is 25.2 Å². The largest absolute Gasteiger partial charge is 0.446 e. The fraction of sp³-hybridized carbons (Fsp3) is 0.500. The predicted octanol–water partition coefficient (Wildman–Crippen LogP) is 0.774. The molecule has 0 spiro atoms. The van der Waals surface area contributed by atoms with E-state index in [0.717, 1.165) is 12.8 Å². The Morgan fingerprint density at radius 2 is 2.03 bits per heavy atom. The molecule has 1 aromatic rings. The number of nitrogens with one attached hydrogen (secondary N) is 4. The molecule has 12 heteroatoms. The zero-order valence-corrected chi connectivity index (χ0v) is 18.3. The average molecular weight is 466 g/mol. The number of nitrogens with zero attached hydrogens (tertiary/aromatic N) is 1. The Kier molecular flexibility index (Phi) is 7.29. The number of hydrogen-bond acceptors (Lipinski definition) is 7. The molecule has 1 saturated carbocycles. The van der Waals surface area contributed by atoms with Gasteiger partial charge in [0.2, 0.25) is 11.7 Å². The van der Waals surface area contributed by atoms with Crippen LogP contribution in [0.25, 0.3) is 0 Å². The van der Waals surface area contributed by atoms with Gasteiger partial charge in [-0.25, -0.2) is 9.78 Å². The summed E-state index contributed by atoms with van der Waals surface area (Å²) in [4.78, 5) is 65.6. The molecule has 1 aliphatic heterocycles. The zero-order chi connectivity index (χ0) is 23.4. The molecule has 3 atom stereocenters. The predicted molar refractivity (Wildman–Crippen MR) is 113 cm³/mol. The topological polar surface area (TPSA) is 156 Å². The van der Waals surface area contributed by atoms with Crippen molar-refractivity contribution >= 4 is 47.0 Å². The lowest BCUT2D eigenvalue weighted by molar-refractivity contribution is -0.139. The molecule has 172 valence electrons. The molecular formula is C20H24ClN5O6. The number of ketones is 1. The summed E-state index contributed by atoms with van der Waals surface area (Å²) in [5, 5.41) is 9.97. The number of amides is 4. The van der Waals surface area contributed by atoms with Crippen molar-refractivity contribution in [3.8, 4) is 0 Å². The van der Waals surface area contributed by atoms with Crippen LogP contribution in [-0.2, 0) is 19.1 Å². The lowest BCUT2D eigenvalue weighted by Crippen LogP contribution is -2.48. The van der Waals surface area contributed by atoms with Gasteiger partial charge in [0.1, 0.15) is 11.9 Å². The molecule has 32 heavy (non-hydrogen) atoms. The van der Waals surface area contributed by atoms with E-state index in [1.54, 1.807) is 0 Å². The molecule has 1 saturated heterocycles. The Morgan fingerprint density at radius 1 is 1.31 bits per heavy atom. The molecule has 4 N–H and O–H groups in total. The van der Waals surface area contributed by atoms with E-state index in [4.69, 9.17) is 16.3 Å². The molecule has 1 aliphatic carbocycles. The van der Waals surface area contributed by atoms with Crippen molar-refractivity contribution in [2.75, 3.05) is 12.4 Å². The maximum Gasteiger partial charge on any atom is 0.413 e. The number of halogens is 1. The fourth-order valence-electron chi connectivity index (χ4n) is 3.37. The van der Waals surface area contributed by atoms with E-state index in [2.05, 4.69) is 26.3 Å². The summed E-state index contributed by atoms with van der Waals surface area (Å²) in [6.07, 6.45) is 2.25. The summed E-state index contributed by atoms with van der Waals surface area (Å²) in [5.74, 6) is -3.52. The number of likely N-dealkylation sites (N-methyl/N-ethyl adjacent to an activating group) is 1. The smallest absolute Gasteiger partial charge is 0.413 e. The number of Topliss-reactive ketones (excluding diaryl/α,β-unsaturated/α-hetero) is 1. The number of pyridine rings is 1. The van der Waals surface area contributed by atoms with E-state index >= 15 is 0 Å². The Balaban J connectivity index is 1.79. The Morgan fingerprint density at radius 3 is 2.62 bits per heavy atom. The zero-order valence-electron chi connectivity index (χ0n) is 17.6. The van der Waals surface area contributed by atoms with Crippen molar-refractivity contribution in [1.82, 2.24) is 20.9 Å². The Bertz CT molecular complexity index is 950. The monoisotopic (exact) mass is 465 g/mol. The molecule has 0 radical (unpaired) electrons. The first-order chi connectivity index (χ1) is 15.2. The van der Waals surface area contributed by atoms with Crippen LogP contribution in [0.5, 0.6) is 0 Å². The van der Waals surface area contributed by atoms with Crippen molar-refractivity contribution in [2.24, 2.45) is 5.92 Å². The highest BCUT2D eigenvalue weighted by Crippen LogP contribution is 2.25. The van der Waals surface area contributed by atoms with E-state index in [-0.39, 0.29) is 40.9 Å². The number of rotatable bonds is 8. The molecule has 4 amide bonds. The SMILES string of the molecule is CNC(=O)C(=O)C(C[C@@H]1C[C@@H](C)NC1=O)NC(=O)c1cc(Cl)cnc1NC(=O)OC1CC1. The van der Waals surface area contributed by atoms with Gasteiger partial charge < -0.3 is 20.7 Å². The van der Waals surface area contributed by atoms with E-state index in [1.807, 2.05) is 6.92 Å². The first-order valence-electron chi connectivity index (χ1n) is 10.2. The minimum Gasteiger partial charge on any atom is -0.446 e. The lowest BCUT2D eigenvalue weighted by Gasteiger charge is -2.20. The molecule has 2 aliphatic rings. The molecule has 1 aromatic heterocycles.